The second-order valence-corrected chi connectivity index (χ2v) is 6.76. The second kappa shape index (κ2) is 5.66. The standard InChI is InChI=1S/C12H16N2O4S/c15-12(16)6-8-14(19(17,18)11-4-5-11)9-10-3-1-2-7-13-10/h1-3,7,11H,4-6,8-9H2,(H,15,16). The van der Waals surface area contributed by atoms with Gasteiger partial charge in [0.25, 0.3) is 0 Å². The predicted molar refractivity (Wildman–Crippen MR) is 68.8 cm³/mol. The number of hydrogen-bond donors (Lipinski definition) is 1. The minimum atomic E-state index is -3.39. The molecule has 2 rings (SSSR count). The Hall–Kier alpha value is -1.47. The highest BCUT2D eigenvalue weighted by Crippen LogP contribution is 2.31. The molecule has 104 valence electrons. The van der Waals surface area contributed by atoms with Gasteiger partial charge in [-0.25, -0.2) is 8.42 Å². The molecule has 7 heteroatoms. The summed E-state index contributed by atoms with van der Waals surface area (Å²) in [5.74, 6) is -1.00. The molecule has 0 amide bonds. The highest BCUT2D eigenvalue weighted by molar-refractivity contribution is 7.90. The molecule has 1 aliphatic rings. The number of sulfonamides is 1. The third-order valence-corrected chi connectivity index (χ3v) is 5.29. The van der Waals surface area contributed by atoms with E-state index in [9.17, 15) is 13.2 Å². The molecule has 6 nitrogen and oxygen atoms in total. The van der Waals surface area contributed by atoms with Crippen LogP contribution in [0, 0.1) is 0 Å². The maximum atomic E-state index is 12.2. The van der Waals surface area contributed by atoms with E-state index in [-0.39, 0.29) is 24.8 Å². The molecular weight excluding hydrogens is 268 g/mol. The van der Waals surface area contributed by atoms with Gasteiger partial charge in [0.05, 0.1) is 23.9 Å². The van der Waals surface area contributed by atoms with Gasteiger partial charge in [-0.15, -0.1) is 0 Å². The fraction of sp³-hybridized carbons (Fsp3) is 0.500. The Morgan fingerprint density at radius 2 is 2.16 bits per heavy atom. The van der Waals surface area contributed by atoms with Crippen LogP contribution in [0.25, 0.3) is 0 Å². The number of pyridine rings is 1. The molecule has 0 aliphatic heterocycles. The zero-order chi connectivity index (χ0) is 13.9. The number of carboxylic acid groups (broad SMARTS) is 1. The summed E-state index contributed by atoms with van der Waals surface area (Å²) in [7, 11) is -3.39. The molecule has 1 aromatic heterocycles. The minimum absolute atomic E-state index is 0.00919. The van der Waals surface area contributed by atoms with Crippen molar-refractivity contribution in [3.63, 3.8) is 0 Å². The molecule has 0 saturated heterocycles. The van der Waals surface area contributed by atoms with Gasteiger partial charge in [-0.1, -0.05) is 6.07 Å². The van der Waals surface area contributed by atoms with Crippen LogP contribution in [0.15, 0.2) is 24.4 Å². The molecule has 19 heavy (non-hydrogen) atoms. The van der Waals surface area contributed by atoms with Gasteiger partial charge in [0.15, 0.2) is 0 Å². The molecule has 1 fully saturated rings. The molecule has 0 unspecified atom stereocenters. The average Bonchev–Trinajstić information content (AvgIpc) is 3.19. The topological polar surface area (TPSA) is 87.6 Å². The van der Waals surface area contributed by atoms with Crippen LogP contribution in [-0.4, -0.2) is 40.6 Å². The van der Waals surface area contributed by atoms with Gasteiger partial charge in [0.2, 0.25) is 10.0 Å². The summed E-state index contributed by atoms with van der Waals surface area (Å²) in [4.78, 5) is 14.7. The first-order valence-electron chi connectivity index (χ1n) is 6.11. The number of carboxylic acids is 1. The molecule has 1 heterocycles. The van der Waals surface area contributed by atoms with Crippen molar-refractivity contribution in [2.75, 3.05) is 6.54 Å². The Labute approximate surface area is 112 Å². The third-order valence-electron chi connectivity index (χ3n) is 2.95. The van der Waals surface area contributed by atoms with Crippen molar-refractivity contribution < 1.29 is 18.3 Å². The summed E-state index contributed by atoms with van der Waals surface area (Å²) in [6.07, 6.45) is 2.72. The van der Waals surface area contributed by atoms with Crippen molar-refractivity contribution in [3.05, 3.63) is 30.1 Å². The van der Waals surface area contributed by atoms with E-state index in [1.54, 1.807) is 24.4 Å². The molecule has 0 spiro atoms. The van der Waals surface area contributed by atoms with Crippen LogP contribution in [0.1, 0.15) is 25.0 Å². The summed E-state index contributed by atoms with van der Waals surface area (Å²) in [5, 5.41) is 8.37. The monoisotopic (exact) mass is 284 g/mol. The van der Waals surface area contributed by atoms with Crippen LogP contribution in [0.3, 0.4) is 0 Å². The Balaban J connectivity index is 2.12. The number of rotatable bonds is 7. The molecule has 1 N–H and O–H groups in total. The first-order chi connectivity index (χ1) is 9.00. The van der Waals surface area contributed by atoms with Crippen molar-refractivity contribution in [1.29, 1.82) is 0 Å². The van der Waals surface area contributed by atoms with Gasteiger partial charge >= 0.3 is 5.97 Å². The molecule has 1 saturated carbocycles. The Morgan fingerprint density at radius 1 is 1.42 bits per heavy atom. The predicted octanol–water partition coefficient (Wildman–Crippen LogP) is 0.851. The van der Waals surface area contributed by atoms with Crippen molar-refractivity contribution in [3.8, 4) is 0 Å². The van der Waals surface area contributed by atoms with E-state index in [1.165, 1.54) is 4.31 Å². The van der Waals surface area contributed by atoms with E-state index in [0.717, 1.165) is 0 Å². The zero-order valence-electron chi connectivity index (χ0n) is 10.4. The fourth-order valence-corrected chi connectivity index (χ4v) is 3.58. The van der Waals surface area contributed by atoms with Crippen LogP contribution >= 0.6 is 0 Å². The van der Waals surface area contributed by atoms with Gasteiger partial charge in [-0.2, -0.15) is 4.31 Å². The molecule has 0 radical (unpaired) electrons. The number of carbonyl (C=O) groups is 1. The van der Waals surface area contributed by atoms with E-state index in [1.807, 2.05) is 0 Å². The van der Waals surface area contributed by atoms with Crippen molar-refractivity contribution >= 4 is 16.0 Å². The minimum Gasteiger partial charge on any atom is -0.481 e. The fourth-order valence-electron chi connectivity index (χ4n) is 1.77. The zero-order valence-corrected chi connectivity index (χ0v) is 11.2. The summed E-state index contributed by atoms with van der Waals surface area (Å²) in [6, 6.07) is 5.26. The van der Waals surface area contributed by atoms with Crippen LogP contribution in [0.4, 0.5) is 0 Å². The lowest BCUT2D eigenvalue weighted by molar-refractivity contribution is -0.137. The molecule has 1 aromatic rings. The molecule has 0 bridgehead atoms. The number of aliphatic carboxylic acids is 1. The van der Waals surface area contributed by atoms with Gasteiger partial charge in [0.1, 0.15) is 0 Å². The Bertz CT molecular complexity index is 540. The van der Waals surface area contributed by atoms with E-state index in [4.69, 9.17) is 5.11 Å². The van der Waals surface area contributed by atoms with Crippen molar-refractivity contribution in [2.24, 2.45) is 0 Å². The largest absolute Gasteiger partial charge is 0.481 e. The van der Waals surface area contributed by atoms with Gasteiger partial charge in [-0.05, 0) is 25.0 Å². The van der Waals surface area contributed by atoms with E-state index >= 15 is 0 Å². The molecule has 0 aromatic carbocycles. The summed E-state index contributed by atoms with van der Waals surface area (Å²) in [6.45, 7) is 0.123. The highest BCUT2D eigenvalue weighted by Gasteiger charge is 2.40. The van der Waals surface area contributed by atoms with Crippen molar-refractivity contribution in [2.45, 2.75) is 31.1 Å². The van der Waals surface area contributed by atoms with Crippen LogP contribution in [0.2, 0.25) is 0 Å². The maximum absolute atomic E-state index is 12.2. The quantitative estimate of drug-likeness (QED) is 0.802. The lowest BCUT2D eigenvalue weighted by Gasteiger charge is -2.20. The summed E-state index contributed by atoms with van der Waals surface area (Å²) in [5.41, 5.74) is 0.622. The van der Waals surface area contributed by atoms with Gasteiger partial charge in [0, 0.05) is 12.7 Å². The highest BCUT2D eigenvalue weighted by atomic mass is 32.2. The second-order valence-electron chi connectivity index (χ2n) is 4.54. The maximum Gasteiger partial charge on any atom is 0.304 e. The lowest BCUT2D eigenvalue weighted by Crippen LogP contribution is -2.35. The van der Waals surface area contributed by atoms with Crippen LogP contribution in [0.5, 0.6) is 0 Å². The lowest BCUT2D eigenvalue weighted by atomic mass is 10.3. The van der Waals surface area contributed by atoms with E-state index in [0.29, 0.717) is 18.5 Å². The van der Waals surface area contributed by atoms with Gasteiger partial charge < -0.3 is 5.11 Å². The molecular formula is C12H16N2O4S. The summed E-state index contributed by atoms with van der Waals surface area (Å²) < 4.78 is 25.7. The van der Waals surface area contributed by atoms with Crippen LogP contribution in [-0.2, 0) is 21.4 Å². The number of hydrogen-bond acceptors (Lipinski definition) is 4. The summed E-state index contributed by atoms with van der Waals surface area (Å²) >= 11 is 0. The van der Waals surface area contributed by atoms with E-state index < -0.39 is 16.0 Å². The average molecular weight is 284 g/mol. The Morgan fingerprint density at radius 3 is 2.68 bits per heavy atom. The smallest absolute Gasteiger partial charge is 0.304 e. The van der Waals surface area contributed by atoms with Gasteiger partial charge in [-0.3, -0.25) is 9.78 Å². The molecule has 1 aliphatic carbocycles. The van der Waals surface area contributed by atoms with E-state index in [2.05, 4.69) is 4.98 Å². The first kappa shape index (κ1) is 14.0. The normalized spacial score (nSPS) is 15.6. The SMILES string of the molecule is O=C(O)CCN(Cc1ccccn1)S(=O)(=O)C1CC1. The molecule has 0 atom stereocenters. The number of nitrogens with zero attached hydrogens (tertiary/aromatic N) is 2. The number of aromatic nitrogens is 1. The van der Waals surface area contributed by atoms with Crippen LogP contribution < -0.4 is 0 Å². The first-order valence-corrected chi connectivity index (χ1v) is 7.61. The third kappa shape index (κ3) is 3.74. The van der Waals surface area contributed by atoms with Crippen molar-refractivity contribution in [1.82, 2.24) is 9.29 Å². The Kier molecular flexibility index (Phi) is 4.16.